The molecule has 0 aliphatic rings. The molecule has 0 spiro atoms. The van der Waals surface area contributed by atoms with Crippen molar-refractivity contribution in [2.45, 2.75) is 0 Å². The quantitative estimate of drug-likeness (QED) is 0.608. The van der Waals surface area contributed by atoms with Crippen LogP contribution in [0.4, 0.5) is 5.69 Å². The first-order chi connectivity index (χ1) is 11.3. The molecule has 4 nitrogen and oxygen atoms in total. The van der Waals surface area contributed by atoms with E-state index in [9.17, 15) is 0 Å². The number of pyridine rings is 1. The first-order valence-corrected chi connectivity index (χ1v) is 7.36. The molecule has 0 fully saturated rings. The fourth-order valence-electron chi connectivity index (χ4n) is 2.57. The van der Waals surface area contributed by atoms with E-state index in [0.717, 1.165) is 22.5 Å². The van der Waals surface area contributed by atoms with Crippen LogP contribution >= 0.6 is 0 Å². The van der Waals surface area contributed by atoms with Crippen molar-refractivity contribution in [2.75, 3.05) is 5.73 Å². The summed E-state index contributed by atoms with van der Waals surface area (Å²) in [6, 6.07) is 21.8. The molecule has 0 saturated carbocycles. The maximum Gasteiger partial charge on any atom is 0.180 e. The molecule has 2 N–H and O–H groups in total. The number of nitrogens with two attached hydrogens (primary N) is 1. The number of hydrogen-bond acceptors (Lipinski definition) is 4. The molecule has 0 amide bonds. The van der Waals surface area contributed by atoms with Crippen molar-refractivity contribution < 1.29 is 0 Å². The molecule has 2 aromatic carbocycles. The summed E-state index contributed by atoms with van der Waals surface area (Å²) in [6.45, 7) is 0. The number of aromatic nitrogens is 3. The van der Waals surface area contributed by atoms with Crippen LogP contribution in [0.2, 0.25) is 0 Å². The number of anilines is 1. The lowest BCUT2D eigenvalue weighted by molar-refractivity contribution is 1.23. The van der Waals surface area contributed by atoms with Gasteiger partial charge in [-0.3, -0.25) is 0 Å². The van der Waals surface area contributed by atoms with Crippen LogP contribution in [0.25, 0.3) is 33.7 Å². The molecule has 0 bridgehead atoms. The van der Waals surface area contributed by atoms with Crippen LogP contribution in [0.1, 0.15) is 0 Å². The maximum atomic E-state index is 6.05. The van der Waals surface area contributed by atoms with Gasteiger partial charge in [-0.25, -0.2) is 15.0 Å². The summed E-state index contributed by atoms with van der Waals surface area (Å²) in [4.78, 5) is 13.8. The molecule has 4 heteroatoms. The van der Waals surface area contributed by atoms with E-state index in [1.807, 2.05) is 60.7 Å². The smallest absolute Gasteiger partial charge is 0.180 e. The zero-order valence-electron chi connectivity index (χ0n) is 12.3. The van der Waals surface area contributed by atoms with Crippen LogP contribution in [0.3, 0.4) is 0 Å². The Morgan fingerprint density at radius 2 is 1.22 bits per heavy atom. The summed E-state index contributed by atoms with van der Waals surface area (Å²) in [5.74, 6) is 0. The first-order valence-electron chi connectivity index (χ1n) is 7.36. The summed E-state index contributed by atoms with van der Waals surface area (Å²) < 4.78 is 0. The van der Waals surface area contributed by atoms with Crippen molar-refractivity contribution in [1.29, 1.82) is 0 Å². The Morgan fingerprint density at radius 1 is 0.652 bits per heavy atom. The van der Waals surface area contributed by atoms with Gasteiger partial charge in [-0.15, -0.1) is 0 Å². The fraction of sp³-hybridized carbons (Fsp3) is 0. The van der Waals surface area contributed by atoms with E-state index in [-0.39, 0.29) is 0 Å². The largest absolute Gasteiger partial charge is 0.397 e. The van der Waals surface area contributed by atoms with Crippen LogP contribution in [0.15, 0.2) is 72.9 Å². The predicted molar refractivity (Wildman–Crippen MR) is 92.6 cm³/mol. The molecular weight excluding hydrogens is 284 g/mol. The third-order valence-electron chi connectivity index (χ3n) is 3.70. The van der Waals surface area contributed by atoms with Gasteiger partial charge in [0.05, 0.1) is 17.1 Å². The topological polar surface area (TPSA) is 64.7 Å². The molecule has 2 heterocycles. The van der Waals surface area contributed by atoms with E-state index in [1.54, 1.807) is 12.3 Å². The molecule has 0 aliphatic carbocycles. The standard InChI is InChI=1S/C19H14N4/c20-15-11-12-21-19-18(15)22-16(13-7-3-1-4-8-13)17(23-19)14-9-5-2-6-10-14/h1-12H,(H2,20,21,23). The van der Waals surface area contributed by atoms with Gasteiger partial charge in [-0.05, 0) is 6.07 Å². The van der Waals surface area contributed by atoms with Crippen molar-refractivity contribution >= 4 is 16.9 Å². The van der Waals surface area contributed by atoms with E-state index in [0.29, 0.717) is 16.9 Å². The van der Waals surface area contributed by atoms with Crippen molar-refractivity contribution in [3.63, 3.8) is 0 Å². The monoisotopic (exact) mass is 298 g/mol. The molecule has 0 atom stereocenters. The molecule has 0 radical (unpaired) electrons. The lowest BCUT2D eigenvalue weighted by atomic mass is 10.0. The summed E-state index contributed by atoms with van der Waals surface area (Å²) in [7, 11) is 0. The second-order valence-corrected chi connectivity index (χ2v) is 5.23. The van der Waals surface area contributed by atoms with E-state index in [1.165, 1.54) is 0 Å². The minimum absolute atomic E-state index is 0.559. The summed E-state index contributed by atoms with van der Waals surface area (Å²) in [6.07, 6.45) is 1.66. The number of benzene rings is 2. The molecule has 0 unspecified atom stereocenters. The predicted octanol–water partition coefficient (Wildman–Crippen LogP) is 3.94. The molecular formula is C19H14N4. The average molecular weight is 298 g/mol. The van der Waals surface area contributed by atoms with Gasteiger partial charge >= 0.3 is 0 Å². The van der Waals surface area contributed by atoms with Gasteiger partial charge in [0.2, 0.25) is 0 Å². The number of fused-ring (bicyclic) bond motifs is 1. The van der Waals surface area contributed by atoms with Crippen LogP contribution in [0, 0.1) is 0 Å². The summed E-state index contributed by atoms with van der Waals surface area (Å²) in [5.41, 5.74) is 11.4. The highest BCUT2D eigenvalue weighted by Gasteiger charge is 2.14. The summed E-state index contributed by atoms with van der Waals surface area (Å²) in [5, 5.41) is 0. The van der Waals surface area contributed by atoms with Gasteiger partial charge < -0.3 is 5.73 Å². The first kappa shape index (κ1) is 13.4. The Labute approximate surface area is 133 Å². The van der Waals surface area contributed by atoms with Crippen LogP contribution in [-0.2, 0) is 0 Å². The highest BCUT2D eigenvalue weighted by atomic mass is 14.9. The van der Waals surface area contributed by atoms with Crippen molar-refractivity contribution in [1.82, 2.24) is 15.0 Å². The Morgan fingerprint density at radius 3 is 1.83 bits per heavy atom. The van der Waals surface area contributed by atoms with Crippen LogP contribution in [0.5, 0.6) is 0 Å². The van der Waals surface area contributed by atoms with Crippen molar-refractivity contribution in [2.24, 2.45) is 0 Å². The number of nitrogen functional groups attached to an aromatic ring is 1. The van der Waals surface area contributed by atoms with Crippen molar-refractivity contribution in [3.05, 3.63) is 72.9 Å². The van der Waals surface area contributed by atoms with Crippen LogP contribution < -0.4 is 5.73 Å². The Kier molecular flexibility index (Phi) is 3.20. The van der Waals surface area contributed by atoms with Gasteiger partial charge in [0, 0.05) is 17.3 Å². The zero-order valence-corrected chi connectivity index (χ0v) is 12.3. The Bertz CT molecular complexity index is 966. The molecule has 4 aromatic rings. The SMILES string of the molecule is Nc1ccnc2nc(-c3ccccc3)c(-c3ccccc3)nc12. The fourth-order valence-corrected chi connectivity index (χ4v) is 2.57. The molecule has 0 aliphatic heterocycles. The lowest BCUT2D eigenvalue weighted by Crippen LogP contribution is -1.99. The molecule has 2 aromatic heterocycles. The van der Waals surface area contributed by atoms with Gasteiger partial charge in [0.15, 0.2) is 5.65 Å². The van der Waals surface area contributed by atoms with Gasteiger partial charge in [0.25, 0.3) is 0 Å². The van der Waals surface area contributed by atoms with Gasteiger partial charge in [0.1, 0.15) is 5.52 Å². The minimum Gasteiger partial charge on any atom is -0.397 e. The Balaban J connectivity index is 2.07. The minimum atomic E-state index is 0.559. The number of hydrogen-bond donors (Lipinski definition) is 1. The van der Waals surface area contributed by atoms with E-state index in [2.05, 4.69) is 4.98 Å². The Hall–Kier alpha value is -3.27. The normalized spacial score (nSPS) is 10.8. The van der Waals surface area contributed by atoms with E-state index >= 15 is 0 Å². The molecule has 23 heavy (non-hydrogen) atoms. The van der Waals surface area contributed by atoms with E-state index < -0.39 is 0 Å². The maximum absolute atomic E-state index is 6.05. The van der Waals surface area contributed by atoms with Crippen molar-refractivity contribution in [3.8, 4) is 22.5 Å². The highest BCUT2D eigenvalue weighted by Crippen LogP contribution is 2.31. The molecule has 0 saturated heterocycles. The molecule has 4 rings (SSSR count). The van der Waals surface area contributed by atoms with E-state index in [4.69, 9.17) is 15.7 Å². The zero-order chi connectivity index (χ0) is 15.6. The second kappa shape index (κ2) is 5.50. The third kappa shape index (κ3) is 2.40. The van der Waals surface area contributed by atoms with Crippen LogP contribution in [-0.4, -0.2) is 15.0 Å². The van der Waals surface area contributed by atoms with Gasteiger partial charge in [-0.1, -0.05) is 60.7 Å². The average Bonchev–Trinajstić information content (AvgIpc) is 2.63. The third-order valence-corrected chi connectivity index (χ3v) is 3.70. The highest BCUT2D eigenvalue weighted by molar-refractivity contribution is 5.89. The second-order valence-electron chi connectivity index (χ2n) is 5.23. The summed E-state index contributed by atoms with van der Waals surface area (Å²) >= 11 is 0. The molecule has 110 valence electrons. The number of nitrogens with zero attached hydrogens (tertiary/aromatic N) is 3. The van der Waals surface area contributed by atoms with Gasteiger partial charge in [-0.2, -0.15) is 0 Å². The lowest BCUT2D eigenvalue weighted by Gasteiger charge is -2.10. The number of rotatable bonds is 2.